The van der Waals surface area contributed by atoms with Gasteiger partial charge in [0.25, 0.3) is 5.69 Å². The summed E-state index contributed by atoms with van der Waals surface area (Å²) in [7, 11) is 0. The molecule has 16 heavy (non-hydrogen) atoms. The van der Waals surface area contributed by atoms with Gasteiger partial charge in [-0.1, -0.05) is 0 Å². The average Bonchev–Trinajstić information content (AvgIpc) is 2.17. The number of nitro groups is 1. The topological polar surface area (TPSA) is 96.0 Å². The van der Waals surface area contributed by atoms with Gasteiger partial charge in [-0.3, -0.25) is 14.9 Å². The lowest BCUT2D eigenvalue weighted by Gasteiger charge is -2.03. The summed E-state index contributed by atoms with van der Waals surface area (Å²) in [6.07, 6.45) is -0.240. The number of aryl methyl sites for hydroxylation is 1. The summed E-state index contributed by atoms with van der Waals surface area (Å²) in [5, 5.41) is 21.3. The predicted octanol–water partition coefficient (Wildman–Crippen LogP) is 1.76. The molecule has 0 saturated carbocycles. The van der Waals surface area contributed by atoms with Gasteiger partial charge in [0.1, 0.15) is 6.42 Å². The van der Waals surface area contributed by atoms with E-state index in [4.69, 9.17) is 5.26 Å². The highest BCUT2D eigenvalue weighted by Gasteiger charge is 2.10. The fourth-order valence-corrected chi connectivity index (χ4v) is 1.22. The van der Waals surface area contributed by atoms with Crippen molar-refractivity contribution in [1.29, 1.82) is 5.26 Å². The minimum atomic E-state index is -0.490. The van der Waals surface area contributed by atoms with Crippen LogP contribution in [-0.2, 0) is 4.79 Å². The number of rotatable bonds is 3. The second-order valence-electron chi connectivity index (χ2n) is 3.14. The normalized spacial score (nSPS) is 9.25. The van der Waals surface area contributed by atoms with Crippen LogP contribution >= 0.6 is 0 Å². The van der Waals surface area contributed by atoms with Crippen LogP contribution in [0.15, 0.2) is 18.2 Å². The van der Waals surface area contributed by atoms with Gasteiger partial charge in [-0.25, -0.2) is 0 Å². The SMILES string of the molecule is Cc1cc(NC(=O)CC#N)ccc1[N+](=O)[O-]. The zero-order valence-electron chi connectivity index (χ0n) is 8.56. The smallest absolute Gasteiger partial charge is 0.272 e. The summed E-state index contributed by atoms with van der Waals surface area (Å²) < 4.78 is 0. The molecule has 0 bridgehead atoms. The predicted molar refractivity (Wildman–Crippen MR) is 56.7 cm³/mol. The highest BCUT2D eigenvalue weighted by atomic mass is 16.6. The van der Waals surface area contributed by atoms with E-state index in [1.54, 1.807) is 13.0 Å². The van der Waals surface area contributed by atoms with Crippen molar-refractivity contribution in [3.63, 3.8) is 0 Å². The molecule has 1 amide bonds. The first-order valence-corrected chi connectivity index (χ1v) is 4.46. The Morgan fingerprint density at radius 3 is 2.81 bits per heavy atom. The quantitative estimate of drug-likeness (QED) is 0.618. The van der Waals surface area contributed by atoms with Gasteiger partial charge in [-0.05, 0) is 19.1 Å². The fraction of sp³-hybridized carbons (Fsp3) is 0.200. The van der Waals surface area contributed by atoms with Crippen molar-refractivity contribution in [2.24, 2.45) is 0 Å². The third-order valence-electron chi connectivity index (χ3n) is 1.92. The van der Waals surface area contributed by atoms with Crippen molar-refractivity contribution >= 4 is 17.3 Å². The number of nitro benzene ring substituents is 1. The van der Waals surface area contributed by atoms with E-state index in [0.717, 1.165) is 0 Å². The summed E-state index contributed by atoms with van der Waals surface area (Å²) >= 11 is 0. The van der Waals surface area contributed by atoms with E-state index >= 15 is 0 Å². The van der Waals surface area contributed by atoms with Crippen LogP contribution in [0.5, 0.6) is 0 Å². The van der Waals surface area contributed by atoms with E-state index in [-0.39, 0.29) is 12.1 Å². The lowest BCUT2D eigenvalue weighted by atomic mass is 10.2. The molecule has 0 aliphatic carbocycles. The molecule has 0 saturated heterocycles. The molecule has 0 aliphatic rings. The van der Waals surface area contributed by atoms with Crippen LogP contribution < -0.4 is 5.32 Å². The molecule has 0 unspecified atom stereocenters. The first-order chi connectivity index (χ1) is 7.54. The number of nitriles is 1. The number of benzene rings is 1. The van der Waals surface area contributed by atoms with E-state index in [1.165, 1.54) is 18.2 Å². The summed E-state index contributed by atoms with van der Waals surface area (Å²) in [5.41, 5.74) is 0.904. The van der Waals surface area contributed by atoms with Crippen molar-refractivity contribution in [1.82, 2.24) is 0 Å². The Hall–Kier alpha value is -2.42. The molecule has 0 radical (unpaired) electrons. The Morgan fingerprint density at radius 2 is 2.31 bits per heavy atom. The van der Waals surface area contributed by atoms with Crippen molar-refractivity contribution < 1.29 is 9.72 Å². The van der Waals surface area contributed by atoms with Crippen molar-refractivity contribution in [2.75, 3.05) is 5.32 Å². The van der Waals surface area contributed by atoms with Gasteiger partial charge >= 0.3 is 0 Å². The highest BCUT2D eigenvalue weighted by molar-refractivity contribution is 5.92. The summed E-state index contributed by atoms with van der Waals surface area (Å²) in [6.45, 7) is 1.58. The van der Waals surface area contributed by atoms with Crippen LogP contribution in [0.4, 0.5) is 11.4 Å². The molecule has 6 heteroatoms. The lowest BCUT2D eigenvalue weighted by Crippen LogP contribution is -2.10. The third-order valence-corrected chi connectivity index (χ3v) is 1.92. The number of amides is 1. The maximum absolute atomic E-state index is 11.1. The van der Waals surface area contributed by atoms with E-state index in [1.807, 2.05) is 0 Å². The number of nitrogens with one attached hydrogen (secondary N) is 1. The third kappa shape index (κ3) is 2.78. The lowest BCUT2D eigenvalue weighted by molar-refractivity contribution is -0.385. The molecule has 1 aromatic carbocycles. The number of hydrogen-bond donors (Lipinski definition) is 1. The molecule has 0 heterocycles. The number of anilines is 1. The Labute approximate surface area is 91.6 Å². The zero-order valence-corrected chi connectivity index (χ0v) is 8.56. The van der Waals surface area contributed by atoms with Gasteiger partial charge in [-0.2, -0.15) is 5.26 Å². The molecule has 0 fully saturated rings. The summed E-state index contributed by atoms with van der Waals surface area (Å²) in [5.74, 6) is -0.434. The van der Waals surface area contributed by atoms with Crippen LogP contribution in [-0.4, -0.2) is 10.8 Å². The minimum Gasteiger partial charge on any atom is -0.325 e. The van der Waals surface area contributed by atoms with Gasteiger partial charge < -0.3 is 5.32 Å². The standard InChI is InChI=1S/C10H9N3O3/c1-7-6-8(12-10(14)4-5-11)2-3-9(7)13(15)16/h2-3,6H,4H2,1H3,(H,12,14). The second-order valence-corrected chi connectivity index (χ2v) is 3.14. The molecule has 0 aliphatic heterocycles. The molecule has 1 rings (SSSR count). The van der Waals surface area contributed by atoms with E-state index in [9.17, 15) is 14.9 Å². The Kier molecular flexibility index (Phi) is 3.56. The van der Waals surface area contributed by atoms with E-state index in [0.29, 0.717) is 11.3 Å². The van der Waals surface area contributed by atoms with Crippen molar-refractivity contribution in [3.8, 4) is 6.07 Å². The maximum Gasteiger partial charge on any atom is 0.272 e. The summed E-state index contributed by atoms with van der Waals surface area (Å²) in [6, 6.07) is 5.95. The molecule has 1 aromatic rings. The van der Waals surface area contributed by atoms with Gasteiger partial charge in [0, 0.05) is 17.3 Å². The van der Waals surface area contributed by atoms with Crippen LogP contribution in [0.25, 0.3) is 0 Å². The molecule has 6 nitrogen and oxygen atoms in total. The van der Waals surface area contributed by atoms with Gasteiger partial charge in [-0.15, -0.1) is 0 Å². The molecule has 1 N–H and O–H groups in total. The fourth-order valence-electron chi connectivity index (χ4n) is 1.22. The van der Waals surface area contributed by atoms with Crippen LogP contribution in [0.2, 0.25) is 0 Å². The Morgan fingerprint density at radius 1 is 1.62 bits per heavy atom. The maximum atomic E-state index is 11.1. The van der Waals surface area contributed by atoms with Gasteiger partial charge in [0.05, 0.1) is 11.0 Å². The first kappa shape index (κ1) is 11.7. The molecular formula is C10H9N3O3. The van der Waals surface area contributed by atoms with Crippen LogP contribution in [0, 0.1) is 28.4 Å². The van der Waals surface area contributed by atoms with Crippen LogP contribution in [0.1, 0.15) is 12.0 Å². The molecule has 0 atom stereocenters. The molecular weight excluding hydrogens is 210 g/mol. The Balaban J connectivity index is 2.86. The van der Waals surface area contributed by atoms with Crippen molar-refractivity contribution in [3.05, 3.63) is 33.9 Å². The van der Waals surface area contributed by atoms with Gasteiger partial charge in [0.2, 0.25) is 5.91 Å². The van der Waals surface area contributed by atoms with Crippen LogP contribution in [0.3, 0.4) is 0 Å². The number of carbonyl (C=O) groups excluding carboxylic acids is 1. The second kappa shape index (κ2) is 4.89. The Bertz CT molecular complexity index is 477. The molecule has 82 valence electrons. The monoisotopic (exact) mass is 219 g/mol. The minimum absolute atomic E-state index is 0.00159. The largest absolute Gasteiger partial charge is 0.325 e. The van der Waals surface area contributed by atoms with Gasteiger partial charge in [0.15, 0.2) is 0 Å². The molecule has 0 spiro atoms. The summed E-state index contributed by atoms with van der Waals surface area (Å²) in [4.78, 5) is 21.1. The first-order valence-electron chi connectivity index (χ1n) is 4.46. The highest BCUT2D eigenvalue weighted by Crippen LogP contribution is 2.21. The number of carbonyl (C=O) groups is 1. The average molecular weight is 219 g/mol. The van der Waals surface area contributed by atoms with Crippen molar-refractivity contribution in [2.45, 2.75) is 13.3 Å². The zero-order chi connectivity index (χ0) is 12.1. The number of hydrogen-bond acceptors (Lipinski definition) is 4. The van der Waals surface area contributed by atoms with E-state index < -0.39 is 10.8 Å². The molecule has 0 aromatic heterocycles. The number of nitrogens with zero attached hydrogens (tertiary/aromatic N) is 2. The van der Waals surface area contributed by atoms with E-state index in [2.05, 4.69) is 5.32 Å².